The summed E-state index contributed by atoms with van der Waals surface area (Å²) in [5, 5.41) is 14.6. The Hall–Kier alpha value is -1.56. The van der Waals surface area contributed by atoms with E-state index in [4.69, 9.17) is 23.2 Å². The normalized spacial score (nSPS) is 18.0. The first kappa shape index (κ1) is 17.3. The SMILES string of the molecule is Cn1nc(C(=O)N2CCCC(CO)C2)cc1-c1ccc(Cl)c(Cl)c1. The van der Waals surface area contributed by atoms with Gasteiger partial charge in [-0.2, -0.15) is 5.10 Å². The number of aromatic nitrogens is 2. The van der Waals surface area contributed by atoms with Gasteiger partial charge < -0.3 is 10.0 Å². The molecule has 24 heavy (non-hydrogen) atoms. The van der Waals surface area contributed by atoms with Crippen molar-refractivity contribution < 1.29 is 9.90 Å². The number of rotatable bonds is 3. The van der Waals surface area contributed by atoms with Crippen molar-refractivity contribution in [3.8, 4) is 11.3 Å². The number of aliphatic hydroxyl groups is 1. The van der Waals surface area contributed by atoms with Crippen LogP contribution < -0.4 is 0 Å². The van der Waals surface area contributed by atoms with E-state index in [-0.39, 0.29) is 18.4 Å². The lowest BCUT2D eigenvalue weighted by Crippen LogP contribution is -2.41. The molecule has 1 saturated heterocycles. The highest BCUT2D eigenvalue weighted by molar-refractivity contribution is 6.42. The number of piperidine rings is 1. The van der Waals surface area contributed by atoms with Gasteiger partial charge in [-0.3, -0.25) is 9.48 Å². The lowest BCUT2D eigenvalue weighted by molar-refractivity contribution is 0.0614. The quantitative estimate of drug-likeness (QED) is 0.905. The molecule has 1 atom stereocenters. The van der Waals surface area contributed by atoms with Crippen molar-refractivity contribution in [1.82, 2.24) is 14.7 Å². The number of halogens is 2. The smallest absolute Gasteiger partial charge is 0.274 e. The summed E-state index contributed by atoms with van der Waals surface area (Å²) in [5.41, 5.74) is 2.05. The third-order valence-corrected chi connectivity index (χ3v) is 5.12. The summed E-state index contributed by atoms with van der Waals surface area (Å²) in [6.45, 7) is 1.39. The Morgan fingerprint density at radius 3 is 2.83 bits per heavy atom. The van der Waals surface area contributed by atoms with Gasteiger partial charge in [0.2, 0.25) is 0 Å². The molecule has 0 spiro atoms. The molecule has 1 aromatic carbocycles. The highest BCUT2D eigenvalue weighted by atomic mass is 35.5. The van der Waals surface area contributed by atoms with Gasteiger partial charge in [-0.15, -0.1) is 0 Å². The van der Waals surface area contributed by atoms with Crippen LogP contribution in [0.2, 0.25) is 10.0 Å². The fourth-order valence-corrected chi connectivity index (χ4v) is 3.36. The Morgan fingerprint density at radius 2 is 2.12 bits per heavy atom. The van der Waals surface area contributed by atoms with Crippen molar-refractivity contribution in [2.75, 3.05) is 19.7 Å². The molecule has 0 aliphatic carbocycles. The predicted molar refractivity (Wildman–Crippen MR) is 94.4 cm³/mol. The molecule has 3 rings (SSSR count). The maximum atomic E-state index is 12.7. The van der Waals surface area contributed by atoms with E-state index in [2.05, 4.69) is 5.10 Å². The third kappa shape index (κ3) is 3.43. The second-order valence-corrected chi connectivity index (χ2v) is 6.92. The van der Waals surface area contributed by atoms with E-state index in [1.807, 2.05) is 6.07 Å². The standard InChI is InChI=1S/C17H19Cl2N3O2/c1-21-16(12-4-5-13(18)14(19)7-12)8-15(20-21)17(24)22-6-2-3-11(9-22)10-23/h4-5,7-8,11,23H,2-3,6,9-10H2,1H3. The lowest BCUT2D eigenvalue weighted by atomic mass is 9.99. The van der Waals surface area contributed by atoms with Crippen molar-refractivity contribution in [1.29, 1.82) is 0 Å². The van der Waals surface area contributed by atoms with Crippen LogP contribution in [-0.4, -0.2) is 45.4 Å². The Bertz CT molecular complexity index is 760. The third-order valence-electron chi connectivity index (χ3n) is 4.38. The number of benzene rings is 1. The first-order valence-corrected chi connectivity index (χ1v) is 8.64. The zero-order chi connectivity index (χ0) is 17.3. The second-order valence-electron chi connectivity index (χ2n) is 6.11. The number of hydrogen-bond acceptors (Lipinski definition) is 3. The van der Waals surface area contributed by atoms with Gasteiger partial charge >= 0.3 is 0 Å². The average Bonchev–Trinajstić information content (AvgIpc) is 2.98. The molecule has 1 fully saturated rings. The van der Waals surface area contributed by atoms with Crippen molar-refractivity contribution in [2.45, 2.75) is 12.8 Å². The molecule has 0 bridgehead atoms. The molecule has 1 N–H and O–H groups in total. The maximum absolute atomic E-state index is 12.7. The van der Waals surface area contributed by atoms with Crippen molar-refractivity contribution >= 4 is 29.1 Å². The van der Waals surface area contributed by atoms with Gasteiger partial charge in [0.05, 0.1) is 15.7 Å². The molecule has 0 saturated carbocycles. The van der Waals surface area contributed by atoms with E-state index in [0.717, 1.165) is 24.1 Å². The molecular weight excluding hydrogens is 349 g/mol. The monoisotopic (exact) mass is 367 g/mol. The number of nitrogens with zero attached hydrogens (tertiary/aromatic N) is 3. The zero-order valence-corrected chi connectivity index (χ0v) is 14.9. The first-order chi connectivity index (χ1) is 11.5. The molecule has 1 aromatic heterocycles. The Balaban J connectivity index is 1.85. The van der Waals surface area contributed by atoms with Gasteiger partial charge in [-0.1, -0.05) is 29.3 Å². The molecular formula is C17H19Cl2N3O2. The molecule has 2 aromatic rings. The molecule has 1 aliphatic heterocycles. The van der Waals surface area contributed by atoms with Gasteiger partial charge in [-0.25, -0.2) is 0 Å². The molecule has 128 valence electrons. The fourth-order valence-electron chi connectivity index (χ4n) is 3.06. The van der Waals surface area contributed by atoms with E-state index in [1.165, 1.54) is 0 Å². The number of aliphatic hydroxyl groups excluding tert-OH is 1. The topological polar surface area (TPSA) is 58.4 Å². The molecule has 1 unspecified atom stereocenters. The fraction of sp³-hybridized carbons (Fsp3) is 0.412. The minimum Gasteiger partial charge on any atom is -0.396 e. The minimum atomic E-state index is -0.102. The lowest BCUT2D eigenvalue weighted by Gasteiger charge is -2.31. The summed E-state index contributed by atoms with van der Waals surface area (Å²) in [6, 6.07) is 7.11. The minimum absolute atomic E-state index is 0.102. The summed E-state index contributed by atoms with van der Waals surface area (Å²) in [6.07, 6.45) is 1.86. The molecule has 0 radical (unpaired) electrons. The number of carbonyl (C=O) groups excluding carboxylic acids is 1. The highest BCUT2D eigenvalue weighted by Gasteiger charge is 2.26. The van der Waals surface area contributed by atoms with Gasteiger partial charge in [0.1, 0.15) is 0 Å². The van der Waals surface area contributed by atoms with E-state index >= 15 is 0 Å². The number of likely N-dealkylation sites (tertiary alicyclic amines) is 1. The van der Waals surface area contributed by atoms with Crippen LogP contribution in [0.4, 0.5) is 0 Å². The predicted octanol–water partition coefficient (Wildman–Crippen LogP) is 3.24. The van der Waals surface area contributed by atoms with E-state index < -0.39 is 0 Å². The van der Waals surface area contributed by atoms with Crippen LogP contribution in [0.5, 0.6) is 0 Å². The number of carbonyl (C=O) groups is 1. The molecule has 2 heterocycles. The molecule has 7 heteroatoms. The van der Waals surface area contributed by atoms with Crippen LogP contribution in [-0.2, 0) is 7.05 Å². The van der Waals surface area contributed by atoms with Crippen molar-refractivity contribution in [3.63, 3.8) is 0 Å². The van der Waals surface area contributed by atoms with Crippen LogP contribution in [0.15, 0.2) is 24.3 Å². The van der Waals surface area contributed by atoms with E-state index in [0.29, 0.717) is 28.8 Å². The molecule has 1 aliphatic rings. The average molecular weight is 368 g/mol. The Kier molecular flexibility index (Phi) is 5.13. The van der Waals surface area contributed by atoms with E-state index in [1.54, 1.807) is 34.8 Å². The van der Waals surface area contributed by atoms with Crippen LogP contribution in [0.1, 0.15) is 23.3 Å². The Labute approximate surface area is 150 Å². The van der Waals surface area contributed by atoms with Gasteiger partial charge in [0, 0.05) is 32.3 Å². The maximum Gasteiger partial charge on any atom is 0.274 e. The largest absolute Gasteiger partial charge is 0.396 e. The van der Waals surface area contributed by atoms with Gasteiger partial charge in [0.15, 0.2) is 5.69 Å². The molecule has 5 nitrogen and oxygen atoms in total. The van der Waals surface area contributed by atoms with Crippen LogP contribution in [0.3, 0.4) is 0 Å². The van der Waals surface area contributed by atoms with Crippen molar-refractivity contribution in [3.05, 3.63) is 40.0 Å². The van der Waals surface area contributed by atoms with Crippen LogP contribution in [0, 0.1) is 5.92 Å². The number of amides is 1. The molecule has 1 amide bonds. The van der Waals surface area contributed by atoms with Crippen LogP contribution >= 0.6 is 23.2 Å². The zero-order valence-electron chi connectivity index (χ0n) is 13.4. The highest BCUT2D eigenvalue weighted by Crippen LogP contribution is 2.29. The summed E-state index contributed by atoms with van der Waals surface area (Å²) >= 11 is 12.0. The van der Waals surface area contributed by atoms with Gasteiger partial charge in [0.25, 0.3) is 5.91 Å². The first-order valence-electron chi connectivity index (χ1n) is 7.89. The summed E-state index contributed by atoms with van der Waals surface area (Å²) in [5.74, 6) is 0.0519. The van der Waals surface area contributed by atoms with Crippen molar-refractivity contribution in [2.24, 2.45) is 13.0 Å². The number of aryl methyl sites for hydroxylation is 1. The summed E-state index contributed by atoms with van der Waals surface area (Å²) in [4.78, 5) is 14.5. The summed E-state index contributed by atoms with van der Waals surface area (Å²) < 4.78 is 1.67. The van der Waals surface area contributed by atoms with Gasteiger partial charge in [-0.05, 0) is 37.0 Å². The Morgan fingerprint density at radius 1 is 1.33 bits per heavy atom. The number of hydrogen-bond donors (Lipinski definition) is 1. The van der Waals surface area contributed by atoms with E-state index in [9.17, 15) is 9.90 Å². The summed E-state index contributed by atoms with van der Waals surface area (Å²) in [7, 11) is 1.79. The van der Waals surface area contributed by atoms with Crippen LogP contribution in [0.25, 0.3) is 11.3 Å². The second kappa shape index (κ2) is 7.13.